The van der Waals surface area contributed by atoms with E-state index in [-0.39, 0.29) is 21.9 Å². The molecule has 1 aliphatic heterocycles. The largest absolute Gasteiger partial charge is 0.392 e. The van der Waals surface area contributed by atoms with E-state index < -0.39 is 38.0 Å². The zero-order valence-corrected chi connectivity index (χ0v) is 17.9. The molecule has 8 heteroatoms. The van der Waals surface area contributed by atoms with E-state index in [1.807, 2.05) is 13.8 Å². The lowest BCUT2D eigenvalue weighted by atomic mass is 9.69. The molecule has 0 amide bonds. The molecular weight excluding hydrogens is 409 g/mol. The highest BCUT2D eigenvalue weighted by Crippen LogP contribution is 2.49. The fourth-order valence-corrected chi connectivity index (χ4v) is 6.79. The Morgan fingerprint density at radius 2 is 1.97 bits per heavy atom. The lowest BCUT2D eigenvalue weighted by Gasteiger charge is -2.39. The van der Waals surface area contributed by atoms with E-state index in [2.05, 4.69) is 0 Å². The van der Waals surface area contributed by atoms with Crippen LogP contribution in [0.1, 0.15) is 56.6 Å². The molecule has 2 aromatic rings. The number of hydrogen-bond acceptors (Lipinski definition) is 5. The van der Waals surface area contributed by atoms with E-state index in [1.165, 1.54) is 24.3 Å². The van der Waals surface area contributed by atoms with Gasteiger partial charge in [0.25, 0.3) is 5.69 Å². The standard InChI is InChI=1S/C22H26FNO5S/c1-3-5-11-22(4-2)14-30(28,29)19-10-9-16(23)13-18(19)20(21(22)25)15-7-6-8-17(12-15)24(26)27/h6-10,12-13,20-21,25H,3-5,11,14H2,1-2H3/t20-,21-,22-/m0/s1. The van der Waals surface area contributed by atoms with Crippen molar-refractivity contribution in [3.63, 3.8) is 0 Å². The van der Waals surface area contributed by atoms with Gasteiger partial charge in [-0.25, -0.2) is 12.8 Å². The molecule has 30 heavy (non-hydrogen) atoms. The Hall–Kier alpha value is -2.32. The summed E-state index contributed by atoms with van der Waals surface area (Å²) in [7, 11) is -3.81. The van der Waals surface area contributed by atoms with Gasteiger partial charge in [0.1, 0.15) is 5.82 Å². The van der Waals surface area contributed by atoms with Crippen molar-refractivity contribution in [1.82, 2.24) is 0 Å². The van der Waals surface area contributed by atoms with Crippen LogP contribution in [0.4, 0.5) is 10.1 Å². The third-order valence-electron chi connectivity index (χ3n) is 6.24. The van der Waals surface area contributed by atoms with Crippen molar-refractivity contribution >= 4 is 15.5 Å². The third-order valence-corrected chi connectivity index (χ3v) is 8.23. The molecule has 1 N–H and O–H groups in total. The number of benzene rings is 2. The van der Waals surface area contributed by atoms with E-state index in [0.29, 0.717) is 18.4 Å². The molecule has 2 aromatic carbocycles. The molecule has 0 saturated heterocycles. The summed E-state index contributed by atoms with van der Waals surface area (Å²) in [5, 5.41) is 22.9. The van der Waals surface area contributed by atoms with E-state index in [0.717, 1.165) is 25.0 Å². The molecule has 0 unspecified atom stereocenters. The van der Waals surface area contributed by atoms with Gasteiger partial charge >= 0.3 is 0 Å². The van der Waals surface area contributed by atoms with Crippen LogP contribution in [-0.4, -0.2) is 30.3 Å². The minimum absolute atomic E-state index is 0.0220. The van der Waals surface area contributed by atoms with Crippen molar-refractivity contribution in [2.24, 2.45) is 5.41 Å². The number of unbranched alkanes of at least 4 members (excludes halogenated alkanes) is 1. The predicted octanol–water partition coefficient (Wildman–Crippen LogP) is 4.60. The summed E-state index contributed by atoms with van der Waals surface area (Å²) in [6.45, 7) is 3.83. The van der Waals surface area contributed by atoms with Crippen molar-refractivity contribution in [3.8, 4) is 0 Å². The molecule has 3 atom stereocenters. The lowest BCUT2D eigenvalue weighted by molar-refractivity contribution is -0.384. The first-order chi connectivity index (χ1) is 14.1. The number of nitrogens with zero attached hydrogens (tertiary/aromatic N) is 1. The molecule has 0 aliphatic carbocycles. The minimum Gasteiger partial charge on any atom is -0.392 e. The first-order valence-corrected chi connectivity index (χ1v) is 11.7. The first kappa shape index (κ1) is 22.4. The lowest BCUT2D eigenvalue weighted by Crippen LogP contribution is -2.42. The number of aliphatic hydroxyl groups excluding tert-OH is 1. The average molecular weight is 436 g/mol. The van der Waals surface area contributed by atoms with E-state index in [1.54, 1.807) is 6.07 Å². The topological polar surface area (TPSA) is 97.5 Å². The first-order valence-electron chi connectivity index (χ1n) is 10.1. The number of hydrogen-bond donors (Lipinski definition) is 1. The van der Waals surface area contributed by atoms with Gasteiger partial charge in [-0.15, -0.1) is 0 Å². The summed E-state index contributed by atoms with van der Waals surface area (Å²) in [5.41, 5.74) is -0.565. The van der Waals surface area contributed by atoms with Gasteiger partial charge in [0.2, 0.25) is 0 Å². The van der Waals surface area contributed by atoms with Crippen LogP contribution in [0.15, 0.2) is 47.4 Å². The van der Waals surface area contributed by atoms with E-state index in [4.69, 9.17) is 0 Å². The molecule has 0 aromatic heterocycles. The normalized spacial score (nSPS) is 25.3. The molecule has 3 rings (SSSR count). The second kappa shape index (κ2) is 8.43. The van der Waals surface area contributed by atoms with Crippen LogP contribution in [-0.2, 0) is 9.84 Å². The van der Waals surface area contributed by atoms with Gasteiger partial charge in [0, 0.05) is 23.5 Å². The summed E-state index contributed by atoms with van der Waals surface area (Å²) < 4.78 is 40.8. The molecule has 0 radical (unpaired) electrons. The minimum atomic E-state index is -3.81. The maximum atomic E-state index is 14.2. The van der Waals surface area contributed by atoms with Gasteiger partial charge in [-0.3, -0.25) is 10.1 Å². The van der Waals surface area contributed by atoms with Gasteiger partial charge < -0.3 is 5.11 Å². The molecule has 1 aliphatic rings. The quantitative estimate of drug-likeness (QED) is 0.406. The summed E-state index contributed by atoms with van der Waals surface area (Å²) in [5.74, 6) is -1.77. The van der Waals surface area contributed by atoms with Crippen LogP contribution in [0, 0.1) is 21.3 Å². The fourth-order valence-electron chi connectivity index (χ4n) is 4.54. The zero-order valence-electron chi connectivity index (χ0n) is 17.0. The van der Waals surface area contributed by atoms with E-state index in [9.17, 15) is 28.0 Å². The molecule has 1 heterocycles. The number of sulfone groups is 1. The average Bonchev–Trinajstić information content (AvgIpc) is 2.77. The molecular formula is C22H26FNO5S. The Bertz CT molecular complexity index is 1060. The van der Waals surface area contributed by atoms with E-state index >= 15 is 0 Å². The Labute approximate surface area is 175 Å². The number of non-ortho nitro benzene ring substituents is 1. The van der Waals surface area contributed by atoms with Crippen molar-refractivity contribution in [2.45, 2.75) is 56.4 Å². The highest BCUT2D eigenvalue weighted by Gasteiger charge is 2.49. The van der Waals surface area contributed by atoms with Crippen molar-refractivity contribution in [1.29, 1.82) is 0 Å². The Morgan fingerprint density at radius 1 is 1.23 bits per heavy atom. The molecule has 162 valence electrons. The molecule has 0 saturated carbocycles. The van der Waals surface area contributed by atoms with Gasteiger partial charge in [-0.1, -0.05) is 38.8 Å². The highest BCUT2D eigenvalue weighted by atomic mass is 32.2. The Kier molecular flexibility index (Phi) is 6.29. The molecule has 0 bridgehead atoms. The molecule has 6 nitrogen and oxygen atoms in total. The van der Waals surface area contributed by atoms with Crippen molar-refractivity contribution in [2.75, 3.05) is 5.75 Å². The smallest absolute Gasteiger partial charge is 0.269 e. The summed E-state index contributed by atoms with van der Waals surface area (Å²) in [6.07, 6.45) is 1.32. The monoisotopic (exact) mass is 435 g/mol. The molecule has 0 spiro atoms. The second-order valence-electron chi connectivity index (χ2n) is 8.04. The summed E-state index contributed by atoms with van der Waals surface area (Å²) in [6, 6.07) is 9.25. The zero-order chi connectivity index (χ0) is 22.1. The highest BCUT2D eigenvalue weighted by molar-refractivity contribution is 7.91. The SMILES string of the molecule is CCCC[C@@]1(CC)CS(=O)(=O)c2ccc(F)cc2[C@H](c2cccc([N+](=O)[O-])c2)[C@@H]1O. The van der Waals surface area contributed by atoms with Crippen LogP contribution in [0.25, 0.3) is 0 Å². The number of nitro groups is 1. The third kappa shape index (κ3) is 3.98. The number of halogens is 1. The van der Waals surface area contributed by atoms with Crippen LogP contribution >= 0.6 is 0 Å². The summed E-state index contributed by atoms with van der Waals surface area (Å²) in [4.78, 5) is 10.7. The number of fused-ring (bicyclic) bond motifs is 1. The second-order valence-corrected chi connectivity index (χ2v) is 9.99. The van der Waals surface area contributed by atoms with Crippen molar-refractivity contribution in [3.05, 3.63) is 69.5 Å². The maximum absolute atomic E-state index is 14.2. The predicted molar refractivity (Wildman–Crippen MR) is 112 cm³/mol. The van der Waals surface area contributed by atoms with Gasteiger partial charge in [-0.05, 0) is 42.2 Å². The number of rotatable bonds is 6. The van der Waals surface area contributed by atoms with Crippen molar-refractivity contribution < 1.29 is 22.8 Å². The Balaban J connectivity index is 2.31. The van der Waals surface area contributed by atoms with Gasteiger partial charge in [-0.2, -0.15) is 0 Å². The van der Waals surface area contributed by atoms with Crippen LogP contribution < -0.4 is 0 Å². The van der Waals surface area contributed by atoms with Crippen LogP contribution in [0.2, 0.25) is 0 Å². The fraction of sp³-hybridized carbons (Fsp3) is 0.455. The summed E-state index contributed by atoms with van der Waals surface area (Å²) >= 11 is 0. The number of aliphatic hydroxyl groups is 1. The molecule has 0 fully saturated rings. The maximum Gasteiger partial charge on any atom is 0.269 e. The van der Waals surface area contributed by atoms with Crippen LogP contribution in [0.3, 0.4) is 0 Å². The number of nitro benzene ring substituents is 1. The Morgan fingerprint density at radius 3 is 2.60 bits per heavy atom. The van der Waals surface area contributed by atoms with Crippen LogP contribution in [0.5, 0.6) is 0 Å². The van der Waals surface area contributed by atoms with Gasteiger partial charge in [0.05, 0.1) is 21.7 Å². The van der Waals surface area contributed by atoms with Gasteiger partial charge in [0.15, 0.2) is 9.84 Å².